The average Bonchev–Trinajstić information content (AvgIpc) is 3.31. The molecule has 0 radical (unpaired) electrons. The van der Waals surface area contributed by atoms with Crippen LogP contribution in [0.25, 0.3) is 21.5 Å². The van der Waals surface area contributed by atoms with Gasteiger partial charge >= 0.3 is 0 Å². The van der Waals surface area contributed by atoms with Crippen LogP contribution in [-0.2, 0) is 4.79 Å². The van der Waals surface area contributed by atoms with Crippen LogP contribution in [0.3, 0.4) is 0 Å². The molecule has 186 valence electrons. The number of rotatable bonds is 10. The summed E-state index contributed by atoms with van der Waals surface area (Å²) in [4.78, 5) is 33.8. The monoisotopic (exact) mass is 522 g/mol. The minimum Gasteiger partial charge on any atom is -0.368 e. The van der Waals surface area contributed by atoms with Crippen LogP contribution in [0.5, 0.6) is 0 Å². The van der Waals surface area contributed by atoms with Crippen molar-refractivity contribution in [1.82, 2.24) is 20.6 Å². The van der Waals surface area contributed by atoms with E-state index in [9.17, 15) is 9.59 Å². The Morgan fingerprint density at radius 1 is 0.889 bits per heavy atom. The molecule has 0 spiro atoms. The van der Waals surface area contributed by atoms with Gasteiger partial charge in [0.15, 0.2) is 5.82 Å². The van der Waals surface area contributed by atoms with E-state index in [1.807, 2.05) is 49.4 Å². The molecule has 2 aromatic heterocycles. The highest BCUT2D eigenvalue weighted by Gasteiger charge is 2.13. The predicted molar refractivity (Wildman–Crippen MR) is 147 cm³/mol. The maximum Gasteiger partial charge on any atom is 0.261 e. The van der Waals surface area contributed by atoms with E-state index in [1.165, 1.54) is 18.3 Å². The van der Waals surface area contributed by atoms with E-state index in [1.54, 1.807) is 12.1 Å². The Balaban J connectivity index is 1.43. The fourth-order valence-corrected chi connectivity index (χ4v) is 4.65. The number of benzene rings is 2. The lowest BCUT2D eigenvalue weighted by Gasteiger charge is -2.16. The van der Waals surface area contributed by atoms with Crippen molar-refractivity contribution in [2.75, 3.05) is 36.8 Å². The number of hydrogen-bond acceptors (Lipinski definition) is 7. The normalized spacial score (nSPS) is 10.8. The van der Waals surface area contributed by atoms with Gasteiger partial charge in [0.05, 0.1) is 4.88 Å². The quantitative estimate of drug-likeness (QED) is 0.225. The number of aromatic nitrogens is 2. The predicted octanol–water partition coefficient (Wildman–Crippen LogP) is 4.71. The van der Waals surface area contributed by atoms with Crippen LogP contribution in [0, 0.1) is 6.92 Å². The van der Waals surface area contributed by atoms with Crippen LogP contribution < -0.4 is 21.3 Å². The van der Waals surface area contributed by atoms with Gasteiger partial charge in [0, 0.05) is 54.0 Å². The summed E-state index contributed by atoms with van der Waals surface area (Å²) in [7, 11) is 0. The van der Waals surface area contributed by atoms with E-state index in [0.717, 1.165) is 21.2 Å². The third-order valence-corrected chi connectivity index (χ3v) is 6.76. The van der Waals surface area contributed by atoms with Gasteiger partial charge in [-0.15, -0.1) is 11.3 Å². The second-order valence-corrected chi connectivity index (χ2v) is 9.64. The molecule has 0 saturated carbocycles. The number of anilines is 2. The summed E-state index contributed by atoms with van der Waals surface area (Å²) in [5.74, 6) is 1.68. The molecule has 8 nitrogen and oxygen atoms in total. The summed E-state index contributed by atoms with van der Waals surface area (Å²) in [5, 5.41) is 14.0. The molecule has 2 heterocycles. The van der Waals surface area contributed by atoms with E-state index in [2.05, 4.69) is 26.3 Å². The van der Waals surface area contributed by atoms with E-state index in [-0.39, 0.29) is 11.8 Å². The Hall–Kier alpha value is -3.69. The maximum absolute atomic E-state index is 12.6. The molecular weight excluding hydrogens is 496 g/mol. The van der Waals surface area contributed by atoms with Gasteiger partial charge in [-0.3, -0.25) is 9.59 Å². The van der Waals surface area contributed by atoms with Crippen molar-refractivity contribution >= 4 is 56.5 Å². The van der Waals surface area contributed by atoms with Gasteiger partial charge in [-0.25, -0.2) is 9.97 Å². The molecule has 0 bridgehead atoms. The smallest absolute Gasteiger partial charge is 0.261 e. The fourth-order valence-electron chi connectivity index (χ4n) is 3.55. The Bertz CT molecular complexity index is 1340. The summed E-state index contributed by atoms with van der Waals surface area (Å²) < 4.78 is 1.09. The van der Waals surface area contributed by atoms with E-state index >= 15 is 0 Å². The molecular formula is C26H27ClN6O2S. The lowest BCUT2D eigenvalue weighted by molar-refractivity contribution is -0.118. The average molecular weight is 523 g/mol. The third-order valence-electron chi connectivity index (χ3n) is 5.39. The van der Waals surface area contributed by atoms with Gasteiger partial charge in [-0.05, 0) is 48.7 Å². The minimum absolute atomic E-state index is 0.0851. The largest absolute Gasteiger partial charge is 0.368 e. The molecule has 0 atom stereocenters. The van der Waals surface area contributed by atoms with Gasteiger partial charge in [-0.1, -0.05) is 29.8 Å². The molecule has 36 heavy (non-hydrogen) atoms. The number of amides is 2. The molecule has 0 unspecified atom stereocenters. The van der Waals surface area contributed by atoms with Gasteiger partial charge in [0.2, 0.25) is 5.91 Å². The van der Waals surface area contributed by atoms with Crippen molar-refractivity contribution in [2.24, 2.45) is 0 Å². The summed E-state index contributed by atoms with van der Waals surface area (Å²) in [6.07, 6.45) is 0. The standard InChI is InChI=1S/C26H27ClN6O2S/c1-16-23(29-12-11-28-17(2)34)32-25(18-7-9-20(27)10-8-18)33-24(16)30-13-14-31-26(35)22-15-19-5-3-4-6-21(19)36-22/h3-10,15H,11-14H2,1-2H3,(H,28,34)(H,31,35)(H2,29,30,32,33). The van der Waals surface area contributed by atoms with Gasteiger partial charge < -0.3 is 21.3 Å². The highest BCUT2D eigenvalue weighted by atomic mass is 35.5. The molecule has 4 N–H and O–H groups in total. The Morgan fingerprint density at radius 3 is 2.17 bits per heavy atom. The first-order chi connectivity index (χ1) is 17.4. The maximum atomic E-state index is 12.6. The third kappa shape index (κ3) is 6.50. The first kappa shape index (κ1) is 25.4. The second kappa shape index (κ2) is 11.8. The number of carbonyl (C=O) groups is 2. The number of carbonyl (C=O) groups excluding carboxylic acids is 2. The summed E-state index contributed by atoms with van der Waals surface area (Å²) >= 11 is 7.52. The number of halogens is 1. The van der Waals surface area contributed by atoms with Crippen LogP contribution >= 0.6 is 22.9 Å². The van der Waals surface area contributed by atoms with Gasteiger partial charge in [-0.2, -0.15) is 0 Å². The first-order valence-corrected chi connectivity index (χ1v) is 12.7. The molecule has 2 amide bonds. The molecule has 2 aromatic carbocycles. The van der Waals surface area contributed by atoms with Crippen molar-refractivity contribution in [1.29, 1.82) is 0 Å². The summed E-state index contributed by atoms with van der Waals surface area (Å²) in [6, 6.07) is 17.2. The highest BCUT2D eigenvalue weighted by molar-refractivity contribution is 7.20. The van der Waals surface area contributed by atoms with E-state index < -0.39 is 0 Å². The molecule has 10 heteroatoms. The van der Waals surface area contributed by atoms with Crippen LogP contribution in [0.15, 0.2) is 54.6 Å². The van der Waals surface area contributed by atoms with Crippen LogP contribution in [0.4, 0.5) is 11.6 Å². The van der Waals surface area contributed by atoms with Crippen LogP contribution in [0.2, 0.25) is 5.02 Å². The number of thiophene rings is 1. The highest BCUT2D eigenvalue weighted by Crippen LogP contribution is 2.27. The summed E-state index contributed by atoms with van der Waals surface area (Å²) in [5.41, 5.74) is 1.66. The molecule has 0 saturated heterocycles. The molecule has 0 aliphatic rings. The number of nitrogens with one attached hydrogen (secondary N) is 4. The van der Waals surface area contributed by atoms with Crippen LogP contribution in [0.1, 0.15) is 22.2 Å². The van der Waals surface area contributed by atoms with Crippen molar-refractivity contribution in [3.63, 3.8) is 0 Å². The zero-order valence-corrected chi connectivity index (χ0v) is 21.6. The minimum atomic E-state index is -0.0976. The Kier molecular flexibility index (Phi) is 8.35. The number of fused-ring (bicyclic) bond motifs is 1. The lowest BCUT2D eigenvalue weighted by atomic mass is 10.2. The molecule has 0 aliphatic heterocycles. The molecule has 0 aliphatic carbocycles. The zero-order valence-electron chi connectivity index (χ0n) is 20.0. The van der Waals surface area contributed by atoms with Crippen LogP contribution in [-0.4, -0.2) is 48.0 Å². The first-order valence-electron chi connectivity index (χ1n) is 11.5. The fraction of sp³-hybridized carbons (Fsp3) is 0.231. The van der Waals surface area contributed by atoms with E-state index in [0.29, 0.717) is 53.5 Å². The van der Waals surface area contributed by atoms with Crippen molar-refractivity contribution < 1.29 is 9.59 Å². The van der Waals surface area contributed by atoms with E-state index in [4.69, 9.17) is 16.6 Å². The van der Waals surface area contributed by atoms with Gasteiger partial charge in [0.1, 0.15) is 11.6 Å². The van der Waals surface area contributed by atoms with Crippen molar-refractivity contribution in [3.8, 4) is 11.4 Å². The Morgan fingerprint density at radius 2 is 1.53 bits per heavy atom. The SMILES string of the molecule is CC(=O)NCCNc1nc(-c2ccc(Cl)cc2)nc(NCCNC(=O)c2cc3ccccc3s2)c1C. The molecule has 0 fully saturated rings. The van der Waals surface area contributed by atoms with Gasteiger partial charge in [0.25, 0.3) is 5.91 Å². The number of nitrogens with zero attached hydrogens (tertiary/aromatic N) is 2. The lowest BCUT2D eigenvalue weighted by Crippen LogP contribution is -2.28. The molecule has 4 aromatic rings. The van der Waals surface area contributed by atoms with Crippen molar-refractivity contribution in [2.45, 2.75) is 13.8 Å². The number of hydrogen-bond donors (Lipinski definition) is 4. The second-order valence-electron chi connectivity index (χ2n) is 8.12. The molecule has 4 rings (SSSR count). The Labute approximate surface area is 218 Å². The zero-order chi connectivity index (χ0) is 25.5. The van der Waals surface area contributed by atoms with Crippen molar-refractivity contribution in [3.05, 3.63) is 70.1 Å². The topological polar surface area (TPSA) is 108 Å². The summed E-state index contributed by atoms with van der Waals surface area (Å²) in [6.45, 7) is 5.31.